The highest BCUT2D eigenvalue weighted by Crippen LogP contribution is 2.27. The van der Waals surface area contributed by atoms with Crippen molar-refractivity contribution in [3.8, 4) is 11.4 Å². The third-order valence-corrected chi connectivity index (χ3v) is 6.03. The summed E-state index contributed by atoms with van der Waals surface area (Å²) in [4.78, 5) is 9.69. The number of hydrogen-bond donors (Lipinski definition) is 0. The van der Waals surface area contributed by atoms with E-state index < -0.39 is 0 Å². The molecule has 2 aromatic carbocycles. The maximum atomic E-state index is 5.58. The van der Waals surface area contributed by atoms with Gasteiger partial charge in [0.15, 0.2) is 0 Å². The molecule has 152 valence electrons. The van der Waals surface area contributed by atoms with E-state index >= 15 is 0 Å². The molecular formula is C24H30N4O. The van der Waals surface area contributed by atoms with Gasteiger partial charge in [0.1, 0.15) is 0 Å². The van der Waals surface area contributed by atoms with Crippen LogP contribution in [0.2, 0.25) is 0 Å². The number of aryl methyl sites for hydroxylation is 1. The van der Waals surface area contributed by atoms with E-state index in [1.54, 1.807) is 0 Å². The van der Waals surface area contributed by atoms with Crippen molar-refractivity contribution in [1.82, 2.24) is 19.9 Å². The Morgan fingerprint density at radius 3 is 2.76 bits per heavy atom. The van der Waals surface area contributed by atoms with E-state index in [4.69, 9.17) is 4.52 Å². The normalized spacial score (nSPS) is 18.4. The summed E-state index contributed by atoms with van der Waals surface area (Å²) in [5.41, 5.74) is 3.59. The highest BCUT2D eigenvalue weighted by Gasteiger charge is 2.30. The molecule has 1 saturated heterocycles. The Hall–Kier alpha value is -2.50. The van der Waals surface area contributed by atoms with Crippen LogP contribution in [-0.4, -0.2) is 45.6 Å². The van der Waals surface area contributed by atoms with Crippen molar-refractivity contribution in [1.29, 1.82) is 0 Å². The lowest BCUT2D eigenvalue weighted by Crippen LogP contribution is -2.37. The summed E-state index contributed by atoms with van der Waals surface area (Å²) in [5, 5.41) is 4.20. The number of nitrogens with zero attached hydrogens (tertiary/aromatic N) is 4. The number of likely N-dealkylation sites (N-methyl/N-ethyl adjacent to an activating group) is 1. The molecule has 4 rings (SSSR count). The van der Waals surface area contributed by atoms with Gasteiger partial charge in [-0.05, 0) is 38.4 Å². The van der Waals surface area contributed by atoms with Crippen LogP contribution in [0, 0.1) is 6.92 Å². The van der Waals surface area contributed by atoms with Gasteiger partial charge in [0.25, 0.3) is 0 Å². The van der Waals surface area contributed by atoms with Gasteiger partial charge in [-0.15, -0.1) is 0 Å². The second-order valence-corrected chi connectivity index (χ2v) is 7.97. The minimum absolute atomic E-state index is 0.441. The fourth-order valence-electron chi connectivity index (χ4n) is 4.25. The van der Waals surface area contributed by atoms with E-state index in [9.17, 15) is 0 Å². The zero-order chi connectivity index (χ0) is 20.2. The number of rotatable bonds is 7. The van der Waals surface area contributed by atoms with Gasteiger partial charge in [-0.2, -0.15) is 4.98 Å². The first-order valence-corrected chi connectivity index (χ1v) is 10.6. The van der Waals surface area contributed by atoms with Gasteiger partial charge in [-0.3, -0.25) is 9.80 Å². The van der Waals surface area contributed by atoms with Crippen molar-refractivity contribution in [3.05, 3.63) is 71.6 Å². The van der Waals surface area contributed by atoms with Crippen LogP contribution in [0.3, 0.4) is 0 Å². The summed E-state index contributed by atoms with van der Waals surface area (Å²) < 4.78 is 5.58. The standard InChI is InChI=1S/C24H30N4O/c1-4-27(17-23-25-24(26-29-23)21-12-8-9-18(2)15-21)22-13-14-28(16-22)19(3)20-10-6-5-7-11-20/h5-12,15,19,22H,4,13-14,16-17H2,1-3H3. The molecule has 0 saturated carbocycles. The quantitative estimate of drug-likeness (QED) is 0.585. The van der Waals surface area contributed by atoms with Crippen molar-refractivity contribution in [3.63, 3.8) is 0 Å². The van der Waals surface area contributed by atoms with Crippen molar-refractivity contribution in [2.45, 2.75) is 45.8 Å². The maximum Gasteiger partial charge on any atom is 0.241 e. The average molecular weight is 391 g/mol. The van der Waals surface area contributed by atoms with Crippen LogP contribution < -0.4 is 0 Å². The van der Waals surface area contributed by atoms with Crippen LogP contribution in [0.5, 0.6) is 0 Å². The lowest BCUT2D eigenvalue weighted by atomic mass is 10.1. The molecule has 0 N–H and O–H groups in total. The summed E-state index contributed by atoms with van der Waals surface area (Å²) in [6.45, 7) is 10.5. The second-order valence-electron chi connectivity index (χ2n) is 7.97. The molecule has 2 heterocycles. The van der Waals surface area contributed by atoms with Crippen LogP contribution in [0.4, 0.5) is 0 Å². The first-order chi connectivity index (χ1) is 14.1. The predicted octanol–water partition coefficient (Wildman–Crippen LogP) is 4.70. The van der Waals surface area contributed by atoms with Crippen molar-refractivity contribution >= 4 is 0 Å². The largest absolute Gasteiger partial charge is 0.338 e. The molecule has 0 bridgehead atoms. The van der Waals surface area contributed by atoms with Gasteiger partial charge in [-0.1, -0.05) is 66.2 Å². The Morgan fingerprint density at radius 1 is 1.17 bits per heavy atom. The zero-order valence-corrected chi connectivity index (χ0v) is 17.6. The van der Waals surface area contributed by atoms with Crippen molar-refractivity contribution in [2.75, 3.05) is 19.6 Å². The number of hydrogen-bond acceptors (Lipinski definition) is 5. The van der Waals surface area contributed by atoms with E-state index in [1.807, 2.05) is 12.1 Å². The van der Waals surface area contributed by atoms with Crippen LogP contribution in [0.15, 0.2) is 59.1 Å². The molecule has 5 heteroatoms. The Labute approximate surface area is 173 Å². The van der Waals surface area contributed by atoms with Gasteiger partial charge in [0.2, 0.25) is 11.7 Å². The number of benzene rings is 2. The molecule has 1 aromatic heterocycles. The summed E-state index contributed by atoms with van der Waals surface area (Å²) in [6, 6.07) is 19.9. The maximum absolute atomic E-state index is 5.58. The molecule has 2 atom stereocenters. The van der Waals surface area contributed by atoms with Crippen molar-refractivity contribution < 1.29 is 4.52 Å². The summed E-state index contributed by atoms with van der Waals surface area (Å²) in [7, 11) is 0. The lowest BCUT2D eigenvalue weighted by molar-refractivity contribution is 0.162. The monoisotopic (exact) mass is 390 g/mol. The molecule has 0 radical (unpaired) electrons. The molecule has 1 fully saturated rings. The van der Waals surface area contributed by atoms with E-state index in [0.29, 0.717) is 30.3 Å². The van der Waals surface area contributed by atoms with Crippen LogP contribution in [0.1, 0.15) is 43.3 Å². The number of likely N-dealkylation sites (tertiary alicyclic amines) is 1. The fraction of sp³-hybridized carbons (Fsp3) is 0.417. The molecule has 2 unspecified atom stereocenters. The molecule has 0 amide bonds. The Bertz CT molecular complexity index is 923. The zero-order valence-electron chi connectivity index (χ0n) is 17.6. The molecule has 29 heavy (non-hydrogen) atoms. The average Bonchev–Trinajstić information content (AvgIpc) is 3.42. The molecular weight excluding hydrogens is 360 g/mol. The fourth-order valence-corrected chi connectivity index (χ4v) is 4.25. The summed E-state index contributed by atoms with van der Waals surface area (Å²) in [5.74, 6) is 1.36. The molecule has 1 aliphatic heterocycles. The van der Waals surface area contributed by atoms with Gasteiger partial charge < -0.3 is 4.52 Å². The van der Waals surface area contributed by atoms with Gasteiger partial charge >= 0.3 is 0 Å². The van der Waals surface area contributed by atoms with Crippen LogP contribution >= 0.6 is 0 Å². The minimum atomic E-state index is 0.441. The third-order valence-electron chi connectivity index (χ3n) is 6.03. The molecule has 5 nitrogen and oxygen atoms in total. The molecule has 1 aliphatic rings. The first kappa shape index (κ1) is 19.8. The van der Waals surface area contributed by atoms with E-state index in [0.717, 1.165) is 25.2 Å². The van der Waals surface area contributed by atoms with E-state index in [2.05, 4.69) is 83.2 Å². The second kappa shape index (κ2) is 8.89. The predicted molar refractivity (Wildman–Crippen MR) is 115 cm³/mol. The Kier molecular flexibility index (Phi) is 6.07. The molecule has 3 aromatic rings. The summed E-state index contributed by atoms with van der Waals surface area (Å²) >= 11 is 0. The molecule has 0 spiro atoms. The Balaban J connectivity index is 1.40. The first-order valence-electron chi connectivity index (χ1n) is 10.6. The smallest absolute Gasteiger partial charge is 0.241 e. The highest BCUT2D eigenvalue weighted by molar-refractivity contribution is 5.55. The number of aromatic nitrogens is 2. The van der Waals surface area contributed by atoms with E-state index in [1.165, 1.54) is 17.5 Å². The SMILES string of the molecule is CCN(Cc1nc(-c2cccc(C)c2)no1)C1CCN(C(C)c2ccccc2)C1. The van der Waals surface area contributed by atoms with Gasteiger partial charge in [-0.25, -0.2) is 0 Å². The van der Waals surface area contributed by atoms with Crippen LogP contribution in [-0.2, 0) is 6.54 Å². The topological polar surface area (TPSA) is 45.4 Å². The van der Waals surface area contributed by atoms with Crippen molar-refractivity contribution in [2.24, 2.45) is 0 Å². The van der Waals surface area contributed by atoms with Gasteiger partial charge in [0.05, 0.1) is 6.54 Å². The van der Waals surface area contributed by atoms with Crippen LogP contribution in [0.25, 0.3) is 11.4 Å². The van der Waals surface area contributed by atoms with E-state index in [-0.39, 0.29) is 0 Å². The molecule has 0 aliphatic carbocycles. The Morgan fingerprint density at radius 2 is 2.00 bits per heavy atom. The minimum Gasteiger partial charge on any atom is -0.338 e. The summed E-state index contributed by atoms with van der Waals surface area (Å²) in [6.07, 6.45) is 1.17. The third kappa shape index (κ3) is 4.57. The highest BCUT2D eigenvalue weighted by atomic mass is 16.5. The lowest BCUT2D eigenvalue weighted by Gasteiger charge is -2.28. The van der Waals surface area contributed by atoms with Gasteiger partial charge in [0, 0.05) is 30.7 Å².